The third-order valence-corrected chi connectivity index (χ3v) is 5.16. The van der Waals surface area contributed by atoms with Crippen LogP contribution in [0.3, 0.4) is 0 Å². The molecule has 22 heavy (non-hydrogen) atoms. The van der Waals surface area contributed by atoms with Crippen molar-refractivity contribution in [3.8, 4) is 17.4 Å². The summed E-state index contributed by atoms with van der Waals surface area (Å²) in [6.07, 6.45) is 5.64. The van der Waals surface area contributed by atoms with Crippen molar-refractivity contribution < 1.29 is 5.11 Å². The molecule has 6 nitrogen and oxygen atoms in total. The molecule has 0 bridgehead atoms. The number of thiophene rings is 1. The number of aromatic hydroxyl groups is 1. The minimum atomic E-state index is -0.135. The van der Waals surface area contributed by atoms with Crippen molar-refractivity contribution in [2.45, 2.75) is 26.2 Å². The summed E-state index contributed by atoms with van der Waals surface area (Å²) in [5.74, 6) is 1.27. The maximum Gasteiger partial charge on any atom is 0.260 e. The number of aryl methyl sites for hydroxylation is 1. The van der Waals surface area contributed by atoms with Crippen molar-refractivity contribution in [2.24, 2.45) is 5.92 Å². The van der Waals surface area contributed by atoms with Gasteiger partial charge in [0.05, 0.1) is 17.8 Å². The predicted molar refractivity (Wildman–Crippen MR) is 84.1 cm³/mol. The van der Waals surface area contributed by atoms with E-state index in [-0.39, 0.29) is 11.3 Å². The number of hydrogen-bond donors (Lipinski definition) is 2. The van der Waals surface area contributed by atoms with Gasteiger partial charge >= 0.3 is 0 Å². The Morgan fingerprint density at radius 3 is 2.91 bits per heavy atom. The van der Waals surface area contributed by atoms with Gasteiger partial charge in [0.1, 0.15) is 4.83 Å². The minimum absolute atomic E-state index is 0.0206. The van der Waals surface area contributed by atoms with Crippen LogP contribution in [0.15, 0.2) is 17.2 Å². The van der Waals surface area contributed by atoms with Crippen LogP contribution in [-0.2, 0) is 12.8 Å². The molecular weight excluding hydrogens is 300 g/mol. The molecule has 0 spiro atoms. The number of aromatic amines is 1. The fourth-order valence-corrected chi connectivity index (χ4v) is 4.28. The largest absolute Gasteiger partial charge is 0.505 e. The first-order chi connectivity index (χ1) is 10.6. The molecule has 0 fully saturated rings. The Balaban J connectivity index is 1.90. The highest BCUT2D eigenvalue weighted by molar-refractivity contribution is 7.18. The van der Waals surface area contributed by atoms with E-state index in [4.69, 9.17) is 0 Å². The lowest BCUT2D eigenvalue weighted by atomic mass is 9.89. The normalized spacial score (nSPS) is 17.6. The minimum Gasteiger partial charge on any atom is -0.505 e. The summed E-state index contributed by atoms with van der Waals surface area (Å²) in [5, 5.41) is 9.97. The number of fused-ring (bicyclic) bond motifs is 3. The van der Waals surface area contributed by atoms with Crippen LogP contribution in [0, 0.1) is 5.92 Å². The lowest BCUT2D eigenvalue weighted by Crippen LogP contribution is -2.14. The molecule has 3 aromatic rings. The van der Waals surface area contributed by atoms with Gasteiger partial charge in [-0.25, -0.2) is 15.0 Å². The standard InChI is InChI=1S/C15H14N4O2S/c1-7-2-3-9-10(4-7)22-15-11(9)14(21)18-13(19-15)12-16-5-8(20)6-17-12/h5-7,20H,2-4H2,1H3,(H,18,19,21). The maximum atomic E-state index is 12.5. The molecule has 0 saturated carbocycles. The zero-order valence-electron chi connectivity index (χ0n) is 12.0. The van der Waals surface area contributed by atoms with Gasteiger partial charge in [0.25, 0.3) is 5.56 Å². The van der Waals surface area contributed by atoms with Gasteiger partial charge in [-0.05, 0) is 30.7 Å². The summed E-state index contributed by atoms with van der Waals surface area (Å²) < 4.78 is 0. The van der Waals surface area contributed by atoms with Crippen LogP contribution >= 0.6 is 11.3 Å². The summed E-state index contributed by atoms with van der Waals surface area (Å²) in [7, 11) is 0. The Labute approximate surface area is 129 Å². The molecule has 1 atom stereocenters. The first kappa shape index (κ1) is 13.4. The highest BCUT2D eigenvalue weighted by atomic mass is 32.1. The third kappa shape index (κ3) is 2.09. The Kier molecular flexibility index (Phi) is 2.97. The van der Waals surface area contributed by atoms with E-state index in [2.05, 4.69) is 26.9 Å². The van der Waals surface area contributed by atoms with Crippen molar-refractivity contribution in [1.82, 2.24) is 19.9 Å². The van der Waals surface area contributed by atoms with E-state index in [9.17, 15) is 9.90 Å². The fraction of sp³-hybridized carbons (Fsp3) is 0.333. The Hall–Kier alpha value is -2.28. The molecule has 1 aliphatic rings. The molecule has 1 aliphatic carbocycles. The van der Waals surface area contributed by atoms with Gasteiger partial charge in [-0.15, -0.1) is 11.3 Å². The van der Waals surface area contributed by atoms with Crippen molar-refractivity contribution >= 4 is 21.6 Å². The topological polar surface area (TPSA) is 91.8 Å². The molecule has 2 N–H and O–H groups in total. The van der Waals surface area contributed by atoms with Gasteiger partial charge in [0.2, 0.25) is 0 Å². The average Bonchev–Trinajstić information content (AvgIpc) is 2.85. The van der Waals surface area contributed by atoms with Crippen LogP contribution in [0.4, 0.5) is 0 Å². The van der Waals surface area contributed by atoms with Gasteiger partial charge in [-0.3, -0.25) is 4.79 Å². The van der Waals surface area contributed by atoms with Crippen LogP contribution in [0.25, 0.3) is 21.9 Å². The molecule has 7 heteroatoms. The number of nitrogens with one attached hydrogen (secondary N) is 1. The molecule has 0 aliphatic heterocycles. The van der Waals surface area contributed by atoms with Crippen molar-refractivity contribution in [1.29, 1.82) is 0 Å². The van der Waals surface area contributed by atoms with E-state index in [0.29, 0.717) is 17.6 Å². The number of nitrogens with zero attached hydrogens (tertiary/aromatic N) is 3. The molecule has 3 heterocycles. The van der Waals surface area contributed by atoms with E-state index in [1.54, 1.807) is 11.3 Å². The number of hydrogen-bond acceptors (Lipinski definition) is 6. The molecule has 0 saturated heterocycles. The summed E-state index contributed by atoms with van der Waals surface area (Å²) in [6.45, 7) is 2.24. The molecule has 0 amide bonds. The summed E-state index contributed by atoms with van der Waals surface area (Å²) in [6, 6.07) is 0. The van der Waals surface area contributed by atoms with Gasteiger partial charge in [-0.1, -0.05) is 6.92 Å². The van der Waals surface area contributed by atoms with Crippen LogP contribution in [0.2, 0.25) is 0 Å². The first-order valence-electron chi connectivity index (χ1n) is 7.18. The van der Waals surface area contributed by atoms with Crippen molar-refractivity contribution in [3.63, 3.8) is 0 Å². The molecule has 3 aromatic heterocycles. The van der Waals surface area contributed by atoms with E-state index < -0.39 is 0 Å². The Morgan fingerprint density at radius 1 is 1.36 bits per heavy atom. The summed E-state index contributed by atoms with van der Waals surface area (Å²) >= 11 is 1.59. The van der Waals surface area contributed by atoms with Gasteiger partial charge in [-0.2, -0.15) is 0 Å². The van der Waals surface area contributed by atoms with Crippen LogP contribution in [0.5, 0.6) is 5.75 Å². The second-order valence-electron chi connectivity index (χ2n) is 5.71. The summed E-state index contributed by atoms with van der Waals surface area (Å²) in [4.78, 5) is 29.8. The highest BCUT2D eigenvalue weighted by Gasteiger charge is 2.23. The van der Waals surface area contributed by atoms with Crippen LogP contribution in [-0.4, -0.2) is 25.0 Å². The van der Waals surface area contributed by atoms with E-state index >= 15 is 0 Å². The Morgan fingerprint density at radius 2 is 2.14 bits per heavy atom. The monoisotopic (exact) mass is 314 g/mol. The van der Waals surface area contributed by atoms with Crippen molar-refractivity contribution in [2.75, 3.05) is 0 Å². The van der Waals surface area contributed by atoms with E-state index in [1.807, 2.05) is 0 Å². The molecule has 0 aromatic carbocycles. The third-order valence-electron chi connectivity index (χ3n) is 4.02. The quantitative estimate of drug-likeness (QED) is 0.719. The average molecular weight is 314 g/mol. The Bertz CT molecular complexity index is 914. The van der Waals surface area contributed by atoms with Crippen LogP contribution < -0.4 is 5.56 Å². The van der Waals surface area contributed by atoms with Crippen molar-refractivity contribution in [3.05, 3.63) is 33.2 Å². The second kappa shape index (κ2) is 4.88. The number of rotatable bonds is 1. The van der Waals surface area contributed by atoms with E-state index in [0.717, 1.165) is 35.0 Å². The van der Waals surface area contributed by atoms with Gasteiger partial charge < -0.3 is 10.1 Å². The SMILES string of the molecule is CC1CCc2c(sc3nc(-c4ncc(O)cn4)[nH]c(=O)c23)C1. The molecular formula is C15H14N4O2S. The van der Waals surface area contributed by atoms with Gasteiger partial charge in [0, 0.05) is 4.88 Å². The molecule has 1 unspecified atom stereocenters. The first-order valence-corrected chi connectivity index (χ1v) is 7.99. The van der Waals surface area contributed by atoms with E-state index in [1.165, 1.54) is 17.3 Å². The second-order valence-corrected chi connectivity index (χ2v) is 6.79. The smallest absolute Gasteiger partial charge is 0.260 e. The molecule has 0 radical (unpaired) electrons. The highest BCUT2D eigenvalue weighted by Crippen LogP contribution is 2.35. The lowest BCUT2D eigenvalue weighted by Gasteiger charge is -2.17. The number of aromatic nitrogens is 4. The summed E-state index contributed by atoms with van der Waals surface area (Å²) in [5.41, 5.74) is 1.02. The molecule has 4 rings (SSSR count). The molecule has 112 valence electrons. The van der Waals surface area contributed by atoms with Crippen LogP contribution in [0.1, 0.15) is 23.8 Å². The zero-order chi connectivity index (χ0) is 15.3. The zero-order valence-corrected chi connectivity index (χ0v) is 12.8. The number of H-pyrrole nitrogens is 1. The maximum absolute atomic E-state index is 12.5. The fourth-order valence-electron chi connectivity index (χ4n) is 2.90. The lowest BCUT2D eigenvalue weighted by molar-refractivity contribution is 0.470. The van der Waals surface area contributed by atoms with Gasteiger partial charge in [0.15, 0.2) is 17.4 Å². The predicted octanol–water partition coefficient (Wildman–Crippen LogP) is 2.27.